The molecule has 0 unspecified atom stereocenters. The molecule has 1 fully saturated rings. The first kappa shape index (κ1) is 13.5. The zero-order chi connectivity index (χ0) is 14.2. The van der Waals surface area contributed by atoms with Crippen molar-refractivity contribution in [1.82, 2.24) is 9.88 Å². The predicted octanol–water partition coefficient (Wildman–Crippen LogP) is 1.23. The smallest absolute Gasteiger partial charge is 0.287 e. The van der Waals surface area contributed by atoms with Crippen LogP contribution in [0.25, 0.3) is 0 Å². The van der Waals surface area contributed by atoms with E-state index in [-0.39, 0.29) is 24.0 Å². The van der Waals surface area contributed by atoms with E-state index in [1.54, 1.807) is 18.4 Å². The second-order valence-electron chi connectivity index (χ2n) is 5.48. The minimum absolute atomic E-state index is 0.0844. The van der Waals surface area contributed by atoms with Crippen LogP contribution in [0.1, 0.15) is 43.2 Å². The lowest BCUT2D eigenvalue weighted by Gasteiger charge is -2.23. The zero-order valence-electron chi connectivity index (χ0n) is 10.9. The summed E-state index contributed by atoms with van der Waals surface area (Å²) in [7, 11) is 0. The standard InChI is InChI=1S/C12H17N3O4/c1-12(2,7-16)13-11(17)10-5-9(15(18)19)6-14(10)8-3-4-8/h5-6,8,16H,3-4,7H2,1-2H3,(H,13,17). The van der Waals surface area contributed by atoms with Crippen molar-refractivity contribution in [2.24, 2.45) is 0 Å². The van der Waals surface area contributed by atoms with Crippen LogP contribution >= 0.6 is 0 Å². The first-order valence-corrected chi connectivity index (χ1v) is 6.14. The molecular formula is C12H17N3O4. The highest BCUT2D eigenvalue weighted by atomic mass is 16.6. The Morgan fingerprint density at radius 3 is 2.74 bits per heavy atom. The number of hydrogen-bond acceptors (Lipinski definition) is 4. The molecule has 2 N–H and O–H groups in total. The van der Waals surface area contributed by atoms with Crippen LogP contribution in [-0.4, -0.2) is 32.6 Å². The predicted molar refractivity (Wildman–Crippen MR) is 68.0 cm³/mol. The average Bonchev–Trinajstić information content (AvgIpc) is 3.07. The first-order valence-electron chi connectivity index (χ1n) is 6.14. The second-order valence-corrected chi connectivity index (χ2v) is 5.48. The molecule has 1 heterocycles. The van der Waals surface area contributed by atoms with Gasteiger partial charge in [-0.2, -0.15) is 0 Å². The van der Waals surface area contributed by atoms with E-state index in [2.05, 4.69) is 5.32 Å². The Morgan fingerprint density at radius 2 is 2.26 bits per heavy atom. The number of carbonyl (C=O) groups excluding carboxylic acids is 1. The zero-order valence-corrected chi connectivity index (χ0v) is 10.9. The molecule has 0 atom stereocenters. The van der Waals surface area contributed by atoms with E-state index in [1.165, 1.54) is 12.3 Å². The summed E-state index contributed by atoms with van der Waals surface area (Å²) < 4.78 is 1.65. The number of nitrogens with zero attached hydrogens (tertiary/aromatic N) is 2. The van der Waals surface area contributed by atoms with E-state index in [0.29, 0.717) is 0 Å². The van der Waals surface area contributed by atoms with E-state index in [1.807, 2.05) is 0 Å². The summed E-state index contributed by atoms with van der Waals surface area (Å²) >= 11 is 0. The Balaban J connectivity index is 2.27. The third kappa shape index (κ3) is 2.93. The van der Waals surface area contributed by atoms with Crippen LogP contribution in [0, 0.1) is 10.1 Å². The summed E-state index contributed by atoms with van der Waals surface area (Å²) in [5.41, 5.74) is -0.570. The third-order valence-electron chi connectivity index (χ3n) is 3.07. The van der Waals surface area contributed by atoms with Gasteiger partial charge >= 0.3 is 0 Å². The molecule has 7 nitrogen and oxygen atoms in total. The van der Waals surface area contributed by atoms with Gasteiger partial charge in [0.15, 0.2) is 0 Å². The molecule has 1 aromatic heterocycles. The molecule has 1 aliphatic rings. The van der Waals surface area contributed by atoms with Crippen LogP contribution in [0.2, 0.25) is 0 Å². The highest BCUT2D eigenvalue weighted by Gasteiger charge is 2.31. The van der Waals surface area contributed by atoms with E-state index in [0.717, 1.165) is 12.8 Å². The van der Waals surface area contributed by atoms with Gasteiger partial charge in [-0.1, -0.05) is 0 Å². The molecule has 1 saturated carbocycles. The fourth-order valence-electron chi connectivity index (χ4n) is 1.81. The van der Waals surface area contributed by atoms with Crippen molar-refractivity contribution in [3.05, 3.63) is 28.1 Å². The van der Waals surface area contributed by atoms with Crippen molar-refractivity contribution in [3.63, 3.8) is 0 Å². The van der Waals surface area contributed by atoms with Crippen LogP contribution in [0.5, 0.6) is 0 Å². The quantitative estimate of drug-likeness (QED) is 0.619. The van der Waals surface area contributed by atoms with Gasteiger partial charge in [0.25, 0.3) is 11.6 Å². The second kappa shape index (κ2) is 4.65. The lowest BCUT2D eigenvalue weighted by molar-refractivity contribution is -0.384. The Labute approximate surface area is 110 Å². The molecule has 1 aliphatic carbocycles. The number of amides is 1. The van der Waals surface area contributed by atoms with E-state index in [4.69, 9.17) is 5.11 Å². The number of hydrogen-bond donors (Lipinski definition) is 2. The van der Waals surface area contributed by atoms with Gasteiger partial charge in [-0.3, -0.25) is 14.9 Å². The summed E-state index contributed by atoms with van der Waals surface area (Å²) in [4.78, 5) is 22.4. The number of aliphatic hydroxyl groups is 1. The van der Waals surface area contributed by atoms with Crippen LogP contribution in [0.3, 0.4) is 0 Å². The molecule has 19 heavy (non-hydrogen) atoms. The topological polar surface area (TPSA) is 97.4 Å². The maximum Gasteiger partial charge on any atom is 0.287 e. The highest BCUT2D eigenvalue weighted by Crippen LogP contribution is 2.37. The SMILES string of the molecule is CC(C)(CO)NC(=O)c1cc([N+](=O)[O-])cn1C1CC1. The van der Waals surface area contributed by atoms with Crippen LogP contribution < -0.4 is 5.32 Å². The lowest BCUT2D eigenvalue weighted by atomic mass is 10.1. The molecular weight excluding hydrogens is 250 g/mol. The number of rotatable bonds is 5. The summed E-state index contributed by atoms with van der Waals surface area (Å²) in [6.07, 6.45) is 3.25. The fourth-order valence-corrected chi connectivity index (χ4v) is 1.81. The number of aliphatic hydroxyl groups excluding tert-OH is 1. The number of aromatic nitrogens is 1. The minimum Gasteiger partial charge on any atom is -0.394 e. The summed E-state index contributed by atoms with van der Waals surface area (Å²) in [5, 5.41) is 22.6. The average molecular weight is 267 g/mol. The summed E-state index contributed by atoms with van der Waals surface area (Å²) in [6.45, 7) is 3.17. The molecule has 104 valence electrons. The van der Waals surface area contributed by atoms with Gasteiger partial charge < -0.3 is 15.0 Å². The fraction of sp³-hybridized carbons (Fsp3) is 0.583. The number of carbonyl (C=O) groups is 1. The molecule has 0 aliphatic heterocycles. The molecule has 0 spiro atoms. The van der Waals surface area contributed by atoms with E-state index < -0.39 is 16.4 Å². The molecule has 7 heteroatoms. The first-order chi connectivity index (χ1) is 8.84. The Bertz CT molecular complexity index is 517. The van der Waals surface area contributed by atoms with Crippen molar-refractivity contribution >= 4 is 11.6 Å². The van der Waals surface area contributed by atoms with Gasteiger partial charge in [0.2, 0.25) is 0 Å². The maximum absolute atomic E-state index is 12.1. The van der Waals surface area contributed by atoms with Crippen molar-refractivity contribution in [2.45, 2.75) is 38.3 Å². The normalized spacial score (nSPS) is 15.3. The lowest BCUT2D eigenvalue weighted by Crippen LogP contribution is -2.46. The van der Waals surface area contributed by atoms with Gasteiger partial charge in [0.05, 0.1) is 23.3 Å². The third-order valence-corrected chi connectivity index (χ3v) is 3.07. The molecule has 1 amide bonds. The van der Waals surface area contributed by atoms with Gasteiger partial charge in [0.1, 0.15) is 5.69 Å². The van der Waals surface area contributed by atoms with E-state index in [9.17, 15) is 14.9 Å². The molecule has 2 rings (SSSR count). The maximum atomic E-state index is 12.1. The van der Waals surface area contributed by atoms with Crippen LogP contribution in [0.4, 0.5) is 5.69 Å². The molecule has 0 saturated heterocycles. The van der Waals surface area contributed by atoms with Crippen molar-refractivity contribution in [1.29, 1.82) is 0 Å². The van der Waals surface area contributed by atoms with Gasteiger partial charge in [0, 0.05) is 12.1 Å². The number of nitro groups is 1. The molecule has 0 aromatic carbocycles. The Morgan fingerprint density at radius 1 is 1.63 bits per heavy atom. The number of nitrogens with one attached hydrogen (secondary N) is 1. The van der Waals surface area contributed by atoms with Crippen molar-refractivity contribution in [2.75, 3.05) is 6.61 Å². The summed E-state index contributed by atoms with van der Waals surface area (Å²) in [6, 6.07) is 1.45. The monoisotopic (exact) mass is 267 g/mol. The van der Waals surface area contributed by atoms with Gasteiger partial charge in [-0.15, -0.1) is 0 Å². The van der Waals surface area contributed by atoms with Crippen molar-refractivity contribution < 1.29 is 14.8 Å². The van der Waals surface area contributed by atoms with Crippen molar-refractivity contribution in [3.8, 4) is 0 Å². The molecule has 1 aromatic rings. The van der Waals surface area contributed by atoms with E-state index >= 15 is 0 Å². The highest BCUT2D eigenvalue weighted by molar-refractivity contribution is 5.94. The minimum atomic E-state index is -0.759. The largest absolute Gasteiger partial charge is 0.394 e. The Hall–Kier alpha value is -1.89. The van der Waals surface area contributed by atoms with Crippen LogP contribution in [0.15, 0.2) is 12.3 Å². The Kier molecular flexibility index (Phi) is 3.32. The molecule has 0 bridgehead atoms. The summed E-state index contributed by atoms with van der Waals surface area (Å²) in [5.74, 6) is -0.404. The van der Waals surface area contributed by atoms with Crippen LogP contribution in [-0.2, 0) is 0 Å². The molecule has 0 radical (unpaired) electrons. The van der Waals surface area contributed by atoms with Gasteiger partial charge in [-0.05, 0) is 26.7 Å². The van der Waals surface area contributed by atoms with Gasteiger partial charge in [-0.25, -0.2) is 0 Å².